The molecule has 0 unspecified atom stereocenters. The predicted octanol–water partition coefficient (Wildman–Crippen LogP) is 2.29. The molecule has 36 heavy (non-hydrogen) atoms. The van der Waals surface area contributed by atoms with Gasteiger partial charge in [-0.3, -0.25) is 4.90 Å². The first-order valence-corrected chi connectivity index (χ1v) is 12.7. The Morgan fingerprint density at radius 2 is 1.89 bits per heavy atom. The van der Waals surface area contributed by atoms with E-state index < -0.39 is 6.10 Å². The van der Waals surface area contributed by atoms with Crippen molar-refractivity contribution in [1.82, 2.24) is 19.9 Å². The Kier molecular flexibility index (Phi) is 6.96. The fourth-order valence-corrected chi connectivity index (χ4v) is 5.11. The van der Waals surface area contributed by atoms with E-state index in [0.717, 1.165) is 50.6 Å². The van der Waals surface area contributed by atoms with Crippen molar-refractivity contribution in [2.24, 2.45) is 0 Å². The number of H-pyrrole nitrogens is 1. The molecule has 4 atom stereocenters. The van der Waals surface area contributed by atoms with Crippen LogP contribution in [0.1, 0.15) is 6.42 Å². The van der Waals surface area contributed by atoms with Crippen LogP contribution in [0.2, 0.25) is 5.02 Å². The lowest BCUT2D eigenvalue weighted by Gasteiger charge is -2.26. The first kappa shape index (κ1) is 23.9. The molecule has 3 saturated heterocycles. The molecule has 0 spiro atoms. The van der Waals surface area contributed by atoms with Gasteiger partial charge in [0.15, 0.2) is 11.8 Å². The van der Waals surface area contributed by atoms with Crippen LogP contribution in [0.4, 0.5) is 0 Å². The van der Waals surface area contributed by atoms with Gasteiger partial charge in [-0.1, -0.05) is 11.6 Å². The number of nitrogens with one attached hydrogen (secondary N) is 1. The molecular weight excluding hydrogens is 488 g/mol. The number of aromatic amines is 1. The second-order valence-corrected chi connectivity index (χ2v) is 9.64. The van der Waals surface area contributed by atoms with Gasteiger partial charge in [-0.05, 0) is 36.8 Å². The number of aromatic nitrogens is 3. The van der Waals surface area contributed by atoms with Crippen LogP contribution in [0.5, 0.6) is 11.8 Å². The minimum absolute atomic E-state index is 0.244. The summed E-state index contributed by atoms with van der Waals surface area (Å²) in [4.78, 5) is 14.7. The van der Waals surface area contributed by atoms with E-state index in [0.29, 0.717) is 41.1 Å². The number of hydrogen-bond donors (Lipinski definition) is 2. The molecule has 2 N–H and O–H groups in total. The molecule has 192 valence electrons. The van der Waals surface area contributed by atoms with Crippen LogP contribution in [0, 0.1) is 0 Å². The normalized spacial score (nSPS) is 26.4. The zero-order valence-electron chi connectivity index (χ0n) is 19.8. The first-order valence-electron chi connectivity index (χ1n) is 12.3. The lowest BCUT2D eigenvalue weighted by molar-refractivity contribution is 0.00706. The van der Waals surface area contributed by atoms with E-state index in [9.17, 15) is 5.11 Å². The highest BCUT2D eigenvalue weighted by atomic mass is 35.5. The van der Waals surface area contributed by atoms with E-state index in [2.05, 4.69) is 19.9 Å². The molecule has 6 rings (SSSR count). The summed E-state index contributed by atoms with van der Waals surface area (Å²) in [5, 5.41) is 10.4. The molecule has 0 saturated carbocycles. The number of ether oxygens (including phenoxy) is 5. The topological polar surface area (TPSA) is 111 Å². The highest BCUT2D eigenvalue weighted by molar-refractivity contribution is 6.33. The van der Waals surface area contributed by atoms with E-state index in [-0.39, 0.29) is 24.9 Å². The number of morpholine rings is 1. The van der Waals surface area contributed by atoms with Crippen molar-refractivity contribution < 1.29 is 28.8 Å². The minimum atomic E-state index is -0.630. The van der Waals surface area contributed by atoms with E-state index in [1.807, 2.05) is 24.3 Å². The smallest absolute Gasteiger partial charge is 0.296 e. The fourth-order valence-electron chi connectivity index (χ4n) is 4.85. The first-order chi connectivity index (χ1) is 17.6. The maximum Gasteiger partial charge on any atom is 0.296 e. The van der Waals surface area contributed by atoms with Crippen molar-refractivity contribution in [3.63, 3.8) is 0 Å². The number of hydrogen-bond acceptors (Lipinski definition) is 9. The van der Waals surface area contributed by atoms with Gasteiger partial charge in [0.2, 0.25) is 0 Å². The van der Waals surface area contributed by atoms with Crippen LogP contribution in [-0.4, -0.2) is 102 Å². The van der Waals surface area contributed by atoms with Gasteiger partial charge >= 0.3 is 0 Å². The number of fused-ring (bicyclic) bond motifs is 2. The molecule has 0 bridgehead atoms. The Balaban J connectivity index is 1.08. The highest BCUT2D eigenvalue weighted by Crippen LogP contribution is 2.32. The maximum atomic E-state index is 9.92. The Bertz CT molecular complexity index is 1190. The molecule has 3 aromatic rings. The highest BCUT2D eigenvalue weighted by Gasteiger charge is 2.48. The molecule has 1 aromatic carbocycles. The molecule has 0 amide bonds. The van der Waals surface area contributed by atoms with Crippen molar-refractivity contribution >= 4 is 22.8 Å². The van der Waals surface area contributed by atoms with E-state index in [4.69, 9.17) is 35.3 Å². The van der Waals surface area contributed by atoms with Gasteiger partial charge in [-0.25, -0.2) is 4.98 Å². The fraction of sp³-hybridized carbons (Fsp3) is 0.520. The van der Waals surface area contributed by atoms with Crippen molar-refractivity contribution in [2.75, 3.05) is 52.7 Å². The van der Waals surface area contributed by atoms with E-state index in [1.54, 1.807) is 6.07 Å². The quantitative estimate of drug-likeness (QED) is 0.435. The van der Waals surface area contributed by atoms with Gasteiger partial charge < -0.3 is 33.8 Å². The summed E-state index contributed by atoms with van der Waals surface area (Å²) in [6.45, 7) is 5.85. The number of halogens is 1. The molecule has 2 aromatic heterocycles. The lowest BCUT2D eigenvalue weighted by atomic mass is 10.1. The average molecular weight is 517 g/mol. The van der Waals surface area contributed by atoms with Gasteiger partial charge in [0, 0.05) is 25.2 Å². The van der Waals surface area contributed by atoms with Crippen molar-refractivity contribution in [2.45, 2.75) is 30.8 Å². The van der Waals surface area contributed by atoms with E-state index >= 15 is 0 Å². The van der Waals surface area contributed by atoms with Crippen LogP contribution in [0.15, 0.2) is 30.3 Å². The minimum Gasteiger partial charge on any atom is -0.494 e. The number of benzene rings is 1. The summed E-state index contributed by atoms with van der Waals surface area (Å²) in [5.41, 5.74) is 2.67. The molecule has 10 nitrogen and oxygen atoms in total. The number of aliphatic hydroxyl groups is 1. The van der Waals surface area contributed by atoms with Crippen LogP contribution >= 0.6 is 11.6 Å². The molecule has 3 aliphatic rings. The zero-order valence-corrected chi connectivity index (χ0v) is 20.5. The lowest BCUT2D eigenvalue weighted by Crippen LogP contribution is -2.37. The Morgan fingerprint density at radius 3 is 2.72 bits per heavy atom. The zero-order chi connectivity index (χ0) is 24.5. The number of pyridine rings is 1. The van der Waals surface area contributed by atoms with Crippen LogP contribution in [0.3, 0.4) is 0 Å². The number of aliphatic hydroxyl groups excluding tert-OH is 1. The Hall–Kier alpha value is -2.47. The van der Waals surface area contributed by atoms with Crippen LogP contribution < -0.4 is 9.47 Å². The predicted molar refractivity (Wildman–Crippen MR) is 132 cm³/mol. The molecule has 3 aliphatic heterocycles. The van der Waals surface area contributed by atoms with Gasteiger partial charge in [-0.2, -0.15) is 4.98 Å². The van der Waals surface area contributed by atoms with E-state index in [1.165, 1.54) is 0 Å². The summed E-state index contributed by atoms with van der Waals surface area (Å²) < 4.78 is 28.5. The Labute approximate surface area is 213 Å². The van der Waals surface area contributed by atoms with Crippen LogP contribution in [-0.2, 0) is 14.2 Å². The third kappa shape index (κ3) is 5.02. The number of rotatable bonds is 8. The SMILES string of the molecule is O[C@@H]1CO[C@H]2[C@@H]1OC[C@H]2Oc1nc2nc(-c3ccc(OCCCN4CCOCC4)cc3)c(Cl)cc2[nH]1. The summed E-state index contributed by atoms with van der Waals surface area (Å²) in [6, 6.07) is 9.85. The molecule has 11 heteroatoms. The second kappa shape index (κ2) is 10.5. The summed E-state index contributed by atoms with van der Waals surface area (Å²) in [7, 11) is 0. The number of imidazole rings is 1. The van der Waals surface area contributed by atoms with Crippen molar-refractivity contribution in [3.8, 4) is 23.0 Å². The average Bonchev–Trinajstić information content (AvgIpc) is 3.59. The van der Waals surface area contributed by atoms with Crippen LogP contribution in [0.25, 0.3) is 22.4 Å². The largest absolute Gasteiger partial charge is 0.494 e. The third-order valence-corrected chi connectivity index (χ3v) is 7.06. The molecule has 3 fully saturated rings. The molecule has 0 aliphatic carbocycles. The summed E-state index contributed by atoms with van der Waals surface area (Å²) in [6.07, 6.45) is -0.704. The number of nitrogens with zero attached hydrogens (tertiary/aromatic N) is 3. The standard InChI is InChI=1S/C25H29ClN4O6/c26-17-12-18-24(29-25(27-18)36-20-14-35-22-19(31)13-34-23(20)22)28-21(17)15-2-4-16(5-3-15)33-9-1-6-30-7-10-32-11-8-30/h2-5,12,19-20,22-23,31H,1,6-11,13-14H2,(H,27,28,29)/t19-,20-,22-,23-/m1/s1. The van der Waals surface area contributed by atoms with Gasteiger partial charge in [-0.15, -0.1) is 0 Å². The Morgan fingerprint density at radius 1 is 1.08 bits per heavy atom. The second-order valence-electron chi connectivity index (χ2n) is 9.23. The molecule has 0 radical (unpaired) electrons. The van der Waals surface area contributed by atoms with Crippen molar-refractivity contribution in [1.29, 1.82) is 0 Å². The van der Waals surface area contributed by atoms with Gasteiger partial charge in [0.1, 0.15) is 24.1 Å². The molecule has 5 heterocycles. The summed E-state index contributed by atoms with van der Waals surface area (Å²) >= 11 is 6.56. The van der Waals surface area contributed by atoms with Gasteiger partial charge in [0.25, 0.3) is 6.01 Å². The van der Waals surface area contributed by atoms with Crippen molar-refractivity contribution in [3.05, 3.63) is 35.4 Å². The maximum absolute atomic E-state index is 9.92. The summed E-state index contributed by atoms with van der Waals surface area (Å²) in [5.74, 6) is 0.810. The third-order valence-electron chi connectivity index (χ3n) is 6.77. The molecular formula is C25H29ClN4O6. The monoisotopic (exact) mass is 516 g/mol. The van der Waals surface area contributed by atoms with Gasteiger partial charge in [0.05, 0.1) is 49.3 Å².